The van der Waals surface area contributed by atoms with Gasteiger partial charge in [0, 0.05) is 17.5 Å². The molecule has 0 aromatic heterocycles. The summed E-state index contributed by atoms with van der Waals surface area (Å²) in [5.74, 6) is -0.343. The molecule has 0 saturated heterocycles. The van der Waals surface area contributed by atoms with Crippen molar-refractivity contribution in [3.05, 3.63) is 35.6 Å². The van der Waals surface area contributed by atoms with Crippen LogP contribution in [0.15, 0.2) is 24.3 Å². The van der Waals surface area contributed by atoms with Gasteiger partial charge in [0.25, 0.3) is 0 Å². The fraction of sp³-hybridized carbons (Fsp3) is 0.500. The van der Waals surface area contributed by atoms with Crippen LogP contribution >= 0.6 is 0 Å². The van der Waals surface area contributed by atoms with Crippen molar-refractivity contribution in [1.82, 2.24) is 0 Å². The van der Waals surface area contributed by atoms with Gasteiger partial charge in [0.2, 0.25) is 0 Å². The fourth-order valence-corrected chi connectivity index (χ4v) is 2.25. The lowest BCUT2D eigenvalue weighted by molar-refractivity contribution is -0.0316. The molecular formula is C12H16FNO. The van der Waals surface area contributed by atoms with Crippen molar-refractivity contribution in [3.63, 3.8) is 0 Å². The molecule has 2 nitrogen and oxygen atoms in total. The monoisotopic (exact) mass is 209 g/mol. The number of nitrogens with two attached hydrogens (primary N) is 1. The summed E-state index contributed by atoms with van der Waals surface area (Å²) in [6.07, 6.45) is 2.08. The van der Waals surface area contributed by atoms with E-state index in [0.717, 1.165) is 19.3 Å². The largest absolute Gasteiger partial charge is 0.388 e. The first-order valence-electron chi connectivity index (χ1n) is 5.32. The van der Waals surface area contributed by atoms with E-state index >= 15 is 0 Å². The van der Waals surface area contributed by atoms with Crippen molar-refractivity contribution in [1.29, 1.82) is 0 Å². The first-order chi connectivity index (χ1) is 7.19. The zero-order valence-corrected chi connectivity index (χ0v) is 8.62. The molecule has 0 aliphatic heterocycles. The molecule has 0 amide bonds. The van der Waals surface area contributed by atoms with E-state index in [9.17, 15) is 9.50 Å². The Labute approximate surface area is 88.9 Å². The average molecular weight is 209 g/mol. The highest BCUT2D eigenvalue weighted by Crippen LogP contribution is 2.49. The Morgan fingerprint density at radius 3 is 2.53 bits per heavy atom. The number of hydrogen-bond donors (Lipinski definition) is 2. The third kappa shape index (κ3) is 1.66. The van der Waals surface area contributed by atoms with Gasteiger partial charge in [-0.1, -0.05) is 24.6 Å². The Hall–Kier alpha value is -0.930. The predicted octanol–water partition coefficient (Wildman–Crippen LogP) is 1.99. The van der Waals surface area contributed by atoms with Crippen LogP contribution in [0.3, 0.4) is 0 Å². The molecule has 82 valence electrons. The van der Waals surface area contributed by atoms with Gasteiger partial charge in [-0.3, -0.25) is 0 Å². The van der Waals surface area contributed by atoms with Gasteiger partial charge < -0.3 is 10.8 Å². The average Bonchev–Trinajstić information content (AvgIpc) is 2.17. The van der Waals surface area contributed by atoms with E-state index in [1.54, 1.807) is 18.2 Å². The Bertz CT molecular complexity index is 344. The summed E-state index contributed by atoms with van der Waals surface area (Å²) in [5, 5.41) is 10.2. The van der Waals surface area contributed by atoms with Crippen LogP contribution < -0.4 is 5.73 Å². The molecular weight excluding hydrogens is 193 g/mol. The van der Waals surface area contributed by atoms with Crippen LogP contribution in [0.25, 0.3) is 0 Å². The van der Waals surface area contributed by atoms with Crippen LogP contribution in [0.1, 0.15) is 30.9 Å². The van der Waals surface area contributed by atoms with E-state index in [1.165, 1.54) is 6.07 Å². The first-order valence-corrected chi connectivity index (χ1v) is 5.32. The van der Waals surface area contributed by atoms with Gasteiger partial charge in [0.15, 0.2) is 0 Å². The molecule has 15 heavy (non-hydrogen) atoms. The van der Waals surface area contributed by atoms with Crippen LogP contribution in [-0.2, 0) is 0 Å². The second-order valence-electron chi connectivity index (χ2n) is 4.34. The van der Waals surface area contributed by atoms with Crippen molar-refractivity contribution in [2.45, 2.75) is 25.4 Å². The van der Waals surface area contributed by atoms with Crippen LogP contribution in [-0.4, -0.2) is 11.7 Å². The summed E-state index contributed by atoms with van der Waals surface area (Å²) in [6.45, 7) is 0.419. The lowest BCUT2D eigenvalue weighted by Crippen LogP contribution is -2.42. The minimum Gasteiger partial charge on any atom is -0.388 e. The summed E-state index contributed by atoms with van der Waals surface area (Å²) >= 11 is 0. The van der Waals surface area contributed by atoms with E-state index in [2.05, 4.69) is 0 Å². The molecule has 1 aliphatic carbocycles. The van der Waals surface area contributed by atoms with Crippen molar-refractivity contribution < 1.29 is 9.50 Å². The molecule has 1 fully saturated rings. The van der Waals surface area contributed by atoms with Crippen LogP contribution in [0, 0.1) is 11.2 Å². The van der Waals surface area contributed by atoms with Gasteiger partial charge >= 0.3 is 0 Å². The number of aliphatic hydroxyl groups is 1. The number of rotatable bonds is 3. The third-order valence-electron chi connectivity index (χ3n) is 3.54. The molecule has 1 atom stereocenters. The topological polar surface area (TPSA) is 46.2 Å². The maximum atomic E-state index is 13.5. The Kier molecular flexibility index (Phi) is 2.76. The maximum absolute atomic E-state index is 13.5. The Morgan fingerprint density at radius 1 is 1.40 bits per heavy atom. The molecule has 1 aromatic carbocycles. The van der Waals surface area contributed by atoms with E-state index in [-0.39, 0.29) is 11.2 Å². The molecule has 0 bridgehead atoms. The number of hydrogen-bond acceptors (Lipinski definition) is 2. The van der Waals surface area contributed by atoms with Gasteiger partial charge in [0.1, 0.15) is 5.82 Å². The lowest BCUT2D eigenvalue weighted by atomic mass is 9.63. The summed E-state index contributed by atoms with van der Waals surface area (Å²) in [4.78, 5) is 0. The van der Waals surface area contributed by atoms with Gasteiger partial charge in [-0.2, -0.15) is 0 Å². The molecule has 0 spiro atoms. The highest BCUT2D eigenvalue weighted by Gasteiger charge is 2.43. The molecule has 3 N–H and O–H groups in total. The number of benzene rings is 1. The molecule has 1 aliphatic rings. The van der Waals surface area contributed by atoms with Crippen LogP contribution in [0.4, 0.5) is 4.39 Å². The molecule has 1 saturated carbocycles. The smallest absolute Gasteiger partial charge is 0.129 e. The van der Waals surface area contributed by atoms with E-state index < -0.39 is 6.10 Å². The van der Waals surface area contributed by atoms with E-state index in [4.69, 9.17) is 5.73 Å². The minimum absolute atomic E-state index is 0.289. The highest BCUT2D eigenvalue weighted by molar-refractivity contribution is 5.23. The van der Waals surface area contributed by atoms with Gasteiger partial charge in [-0.25, -0.2) is 4.39 Å². The second-order valence-corrected chi connectivity index (χ2v) is 4.34. The molecule has 0 heterocycles. The van der Waals surface area contributed by atoms with Crippen molar-refractivity contribution in [3.8, 4) is 0 Å². The summed E-state index contributed by atoms with van der Waals surface area (Å²) < 4.78 is 13.5. The summed E-state index contributed by atoms with van der Waals surface area (Å²) in [6, 6.07) is 6.38. The van der Waals surface area contributed by atoms with Gasteiger partial charge in [-0.15, -0.1) is 0 Å². The van der Waals surface area contributed by atoms with Crippen molar-refractivity contribution in [2.24, 2.45) is 11.1 Å². The quantitative estimate of drug-likeness (QED) is 0.799. The first kappa shape index (κ1) is 10.6. The van der Waals surface area contributed by atoms with Crippen molar-refractivity contribution >= 4 is 0 Å². The number of aliphatic hydroxyl groups excluding tert-OH is 1. The molecule has 2 rings (SSSR count). The normalized spacial score (nSPS) is 20.7. The van der Waals surface area contributed by atoms with Gasteiger partial charge in [0.05, 0.1) is 6.10 Å². The van der Waals surface area contributed by atoms with E-state index in [1.807, 2.05) is 0 Å². The Balaban J connectivity index is 2.27. The maximum Gasteiger partial charge on any atom is 0.129 e. The van der Waals surface area contributed by atoms with Crippen LogP contribution in [0.5, 0.6) is 0 Å². The fourth-order valence-electron chi connectivity index (χ4n) is 2.25. The van der Waals surface area contributed by atoms with Crippen LogP contribution in [0.2, 0.25) is 0 Å². The SMILES string of the molecule is NCC1(C(O)c2ccccc2F)CCC1. The molecule has 1 aromatic rings. The summed E-state index contributed by atoms with van der Waals surface area (Å²) in [5.41, 5.74) is 5.76. The number of halogens is 1. The molecule has 1 unspecified atom stereocenters. The summed E-state index contributed by atoms with van der Waals surface area (Å²) in [7, 11) is 0. The molecule has 0 radical (unpaired) electrons. The molecule has 3 heteroatoms. The second kappa shape index (κ2) is 3.91. The zero-order valence-electron chi connectivity index (χ0n) is 8.62. The Morgan fingerprint density at radius 2 is 2.07 bits per heavy atom. The van der Waals surface area contributed by atoms with Crippen molar-refractivity contribution in [2.75, 3.05) is 6.54 Å². The zero-order chi connectivity index (χ0) is 10.9. The standard InChI is InChI=1S/C12H16FNO/c13-10-5-2-1-4-9(10)11(15)12(8-14)6-3-7-12/h1-2,4-5,11,15H,3,6-8,14H2. The minimum atomic E-state index is -0.766. The lowest BCUT2D eigenvalue weighted by Gasteiger charge is -2.44. The van der Waals surface area contributed by atoms with Gasteiger partial charge in [-0.05, 0) is 18.9 Å². The third-order valence-corrected chi connectivity index (χ3v) is 3.54. The van der Waals surface area contributed by atoms with E-state index in [0.29, 0.717) is 12.1 Å². The highest BCUT2D eigenvalue weighted by atomic mass is 19.1. The predicted molar refractivity (Wildman–Crippen MR) is 56.7 cm³/mol.